The molecule has 1 unspecified atom stereocenters. The number of ether oxygens (including phenoxy) is 1. The van der Waals surface area contributed by atoms with Crippen LogP contribution in [-0.4, -0.2) is 19.5 Å². The van der Waals surface area contributed by atoms with E-state index in [4.69, 9.17) is 27.9 Å². The molecule has 2 nitrogen and oxygen atoms in total. The molecular weight excluding hydrogens is 257 g/mol. The maximum absolute atomic E-state index is 5.96. The van der Waals surface area contributed by atoms with Gasteiger partial charge in [0.25, 0.3) is 0 Å². The van der Waals surface area contributed by atoms with Crippen molar-refractivity contribution in [1.82, 2.24) is 5.32 Å². The Morgan fingerprint density at radius 1 is 1.41 bits per heavy atom. The molecular formula is C13H19Cl2NO. The lowest BCUT2D eigenvalue weighted by atomic mass is 10.1. The first-order valence-electron chi connectivity index (χ1n) is 5.76. The third kappa shape index (κ3) is 5.15. The maximum Gasteiger partial charge on any atom is 0.123 e. The van der Waals surface area contributed by atoms with Crippen molar-refractivity contribution in [2.75, 3.05) is 19.5 Å². The lowest BCUT2D eigenvalue weighted by Gasteiger charge is -2.13. The summed E-state index contributed by atoms with van der Waals surface area (Å²) in [4.78, 5) is 0. The molecule has 0 heterocycles. The molecule has 0 fully saturated rings. The second-order valence-electron chi connectivity index (χ2n) is 4.17. The zero-order valence-corrected chi connectivity index (χ0v) is 11.8. The van der Waals surface area contributed by atoms with Gasteiger partial charge in [-0.25, -0.2) is 0 Å². The van der Waals surface area contributed by atoms with Crippen LogP contribution in [0.2, 0.25) is 5.02 Å². The van der Waals surface area contributed by atoms with Crippen molar-refractivity contribution in [2.24, 2.45) is 5.92 Å². The van der Waals surface area contributed by atoms with Gasteiger partial charge in [-0.05, 0) is 37.1 Å². The number of alkyl halides is 1. The van der Waals surface area contributed by atoms with Gasteiger partial charge in [-0.3, -0.25) is 0 Å². The van der Waals surface area contributed by atoms with E-state index < -0.39 is 0 Å². The SMILES string of the molecule is COc1ccc(Cl)cc1CNCC(C)CCCl. The van der Waals surface area contributed by atoms with Crippen molar-refractivity contribution < 1.29 is 4.74 Å². The number of methoxy groups -OCH3 is 1. The van der Waals surface area contributed by atoms with Gasteiger partial charge >= 0.3 is 0 Å². The molecule has 0 aromatic heterocycles. The quantitative estimate of drug-likeness (QED) is 0.767. The second kappa shape index (κ2) is 7.80. The fraction of sp³-hybridized carbons (Fsp3) is 0.538. The first kappa shape index (κ1) is 14.6. The molecule has 0 aliphatic heterocycles. The van der Waals surface area contributed by atoms with Crippen LogP contribution in [0, 0.1) is 5.92 Å². The molecule has 1 aromatic carbocycles. The smallest absolute Gasteiger partial charge is 0.123 e. The van der Waals surface area contributed by atoms with E-state index in [2.05, 4.69) is 12.2 Å². The predicted octanol–water partition coefficient (Wildman–Crippen LogP) is 3.70. The van der Waals surface area contributed by atoms with E-state index in [9.17, 15) is 0 Å². The van der Waals surface area contributed by atoms with Crippen molar-refractivity contribution >= 4 is 23.2 Å². The molecule has 1 N–H and O–H groups in total. The topological polar surface area (TPSA) is 21.3 Å². The number of rotatable bonds is 7. The predicted molar refractivity (Wildman–Crippen MR) is 74.2 cm³/mol. The van der Waals surface area contributed by atoms with Crippen LogP contribution in [0.5, 0.6) is 5.75 Å². The van der Waals surface area contributed by atoms with E-state index >= 15 is 0 Å². The van der Waals surface area contributed by atoms with E-state index in [1.54, 1.807) is 7.11 Å². The van der Waals surface area contributed by atoms with Gasteiger partial charge in [0.15, 0.2) is 0 Å². The van der Waals surface area contributed by atoms with Gasteiger partial charge < -0.3 is 10.1 Å². The summed E-state index contributed by atoms with van der Waals surface area (Å²) in [7, 11) is 1.67. The molecule has 17 heavy (non-hydrogen) atoms. The van der Waals surface area contributed by atoms with Crippen LogP contribution in [-0.2, 0) is 6.54 Å². The molecule has 96 valence electrons. The second-order valence-corrected chi connectivity index (χ2v) is 4.98. The number of halogens is 2. The molecule has 4 heteroatoms. The standard InChI is InChI=1S/C13H19Cl2NO/c1-10(5-6-14)8-16-9-11-7-12(15)3-4-13(11)17-2/h3-4,7,10,16H,5-6,8-9H2,1-2H3. The summed E-state index contributed by atoms with van der Waals surface area (Å²) in [5.41, 5.74) is 1.08. The van der Waals surface area contributed by atoms with Gasteiger partial charge in [-0.15, -0.1) is 11.6 Å². The Balaban J connectivity index is 2.48. The van der Waals surface area contributed by atoms with Gasteiger partial charge in [-0.2, -0.15) is 0 Å². The lowest BCUT2D eigenvalue weighted by Crippen LogP contribution is -2.21. The molecule has 0 spiro atoms. The molecule has 0 amide bonds. The van der Waals surface area contributed by atoms with Crippen LogP contribution >= 0.6 is 23.2 Å². The van der Waals surface area contributed by atoms with Crippen LogP contribution in [0.3, 0.4) is 0 Å². The molecule has 1 atom stereocenters. The summed E-state index contributed by atoms with van der Waals surface area (Å²) in [5.74, 6) is 2.16. The molecule has 0 aliphatic rings. The van der Waals surface area contributed by atoms with Crippen LogP contribution in [0.4, 0.5) is 0 Å². The average molecular weight is 276 g/mol. The highest BCUT2D eigenvalue weighted by atomic mass is 35.5. The van der Waals surface area contributed by atoms with Gasteiger partial charge in [0, 0.05) is 23.0 Å². The van der Waals surface area contributed by atoms with Crippen molar-refractivity contribution in [3.05, 3.63) is 28.8 Å². The number of benzene rings is 1. The van der Waals surface area contributed by atoms with Crippen molar-refractivity contribution in [1.29, 1.82) is 0 Å². The van der Waals surface area contributed by atoms with Gasteiger partial charge in [-0.1, -0.05) is 18.5 Å². The van der Waals surface area contributed by atoms with Gasteiger partial charge in [0.05, 0.1) is 7.11 Å². The maximum atomic E-state index is 5.96. The number of hydrogen-bond donors (Lipinski definition) is 1. The van der Waals surface area contributed by atoms with Crippen LogP contribution in [0.25, 0.3) is 0 Å². The average Bonchev–Trinajstić information content (AvgIpc) is 2.30. The first-order valence-corrected chi connectivity index (χ1v) is 6.67. The summed E-state index contributed by atoms with van der Waals surface area (Å²) < 4.78 is 5.29. The monoisotopic (exact) mass is 275 g/mol. The summed E-state index contributed by atoms with van der Waals surface area (Å²) in [6, 6.07) is 5.65. The fourth-order valence-electron chi connectivity index (χ4n) is 1.63. The summed E-state index contributed by atoms with van der Waals surface area (Å²) >= 11 is 11.7. The van der Waals surface area contributed by atoms with Crippen LogP contribution < -0.4 is 10.1 Å². The third-order valence-corrected chi connectivity index (χ3v) is 3.11. The summed E-state index contributed by atoms with van der Waals surface area (Å²) in [5, 5.41) is 4.12. The molecule has 1 aromatic rings. The minimum atomic E-state index is 0.581. The summed E-state index contributed by atoms with van der Waals surface area (Å²) in [6.07, 6.45) is 1.03. The van der Waals surface area contributed by atoms with Crippen molar-refractivity contribution in [3.63, 3.8) is 0 Å². The highest BCUT2D eigenvalue weighted by Crippen LogP contribution is 2.22. The number of nitrogens with one attached hydrogen (secondary N) is 1. The van der Waals surface area contributed by atoms with E-state index in [-0.39, 0.29) is 0 Å². The van der Waals surface area contributed by atoms with Crippen molar-refractivity contribution in [2.45, 2.75) is 19.9 Å². The van der Waals surface area contributed by atoms with Crippen molar-refractivity contribution in [3.8, 4) is 5.75 Å². The Kier molecular flexibility index (Phi) is 6.71. The summed E-state index contributed by atoms with van der Waals surface area (Å²) in [6.45, 7) is 3.89. The Labute approximate surface area is 113 Å². The largest absolute Gasteiger partial charge is 0.496 e. The number of hydrogen-bond acceptors (Lipinski definition) is 2. The van der Waals surface area contributed by atoms with Gasteiger partial charge in [0.1, 0.15) is 5.75 Å². The van der Waals surface area contributed by atoms with E-state index in [1.807, 2.05) is 18.2 Å². The fourth-order valence-corrected chi connectivity index (χ4v) is 2.19. The highest BCUT2D eigenvalue weighted by molar-refractivity contribution is 6.30. The Morgan fingerprint density at radius 2 is 2.18 bits per heavy atom. The molecule has 1 rings (SSSR count). The molecule has 0 saturated heterocycles. The minimum absolute atomic E-state index is 0.581. The van der Waals surface area contributed by atoms with E-state index in [0.717, 1.165) is 35.8 Å². The van der Waals surface area contributed by atoms with Gasteiger partial charge in [0.2, 0.25) is 0 Å². The van der Waals surface area contributed by atoms with E-state index in [1.165, 1.54) is 0 Å². The zero-order valence-electron chi connectivity index (χ0n) is 10.3. The van der Waals surface area contributed by atoms with E-state index in [0.29, 0.717) is 11.8 Å². The molecule has 0 saturated carbocycles. The molecule has 0 aliphatic carbocycles. The Bertz CT molecular complexity index is 344. The molecule has 0 radical (unpaired) electrons. The Morgan fingerprint density at radius 3 is 2.82 bits per heavy atom. The highest BCUT2D eigenvalue weighted by Gasteiger charge is 2.05. The molecule has 0 bridgehead atoms. The zero-order chi connectivity index (χ0) is 12.7. The Hall–Kier alpha value is -0.440. The van der Waals surface area contributed by atoms with Crippen LogP contribution in [0.1, 0.15) is 18.9 Å². The lowest BCUT2D eigenvalue weighted by molar-refractivity contribution is 0.406. The minimum Gasteiger partial charge on any atom is -0.496 e. The first-order chi connectivity index (χ1) is 8.17. The van der Waals surface area contributed by atoms with Crippen LogP contribution in [0.15, 0.2) is 18.2 Å². The normalized spacial score (nSPS) is 12.5. The third-order valence-electron chi connectivity index (χ3n) is 2.65.